The SMILES string of the molecule is CC1(C)C(=O)Nc2cc3oc(-c4cnsn4)nc3cc21. The van der Waals surface area contributed by atoms with Gasteiger partial charge in [0.1, 0.15) is 5.52 Å². The summed E-state index contributed by atoms with van der Waals surface area (Å²) in [5.74, 6) is 0.436. The van der Waals surface area contributed by atoms with Gasteiger partial charge in [-0.15, -0.1) is 0 Å². The number of hydrogen-bond donors (Lipinski definition) is 1. The maximum Gasteiger partial charge on any atom is 0.249 e. The fraction of sp³-hybridized carbons (Fsp3) is 0.231. The van der Waals surface area contributed by atoms with Gasteiger partial charge in [-0.05, 0) is 25.5 Å². The van der Waals surface area contributed by atoms with Crippen LogP contribution in [0.15, 0.2) is 22.7 Å². The Balaban J connectivity index is 1.93. The van der Waals surface area contributed by atoms with Crippen molar-refractivity contribution in [3.05, 3.63) is 23.9 Å². The number of carbonyl (C=O) groups excluding carboxylic acids is 1. The first kappa shape index (κ1) is 11.5. The van der Waals surface area contributed by atoms with Crippen molar-refractivity contribution in [2.45, 2.75) is 19.3 Å². The normalized spacial score (nSPS) is 16.4. The minimum atomic E-state index is -0.551. The zero-order valence-electron chi connectivity index (χ0n) is 10.8. The van der Waals surface area contributed by atoms with E-state index < -0.39 is 5.41 Å². The van der Waals surface area contributed by atoms with Gasteiger partial charge in [-0.2, -0.15) is 8.75 Å². The number of carbonyl (C=O) groups is 1. The fourth-order valence-corrected chi connectivity index (χ4v) is 2.77. The van der Waals surface area contributed by atoms with Gasteiger partial charge in [0.2, 0.25) is 11.8 Å². The molecule has 1 aromatic carbocycles. The molecule has 0 saturated heterocycles. The van der Waals surface area contributed by atoms with E-state index in [4.69, 9.17) is 4.42 Å². The summed E-state index contributed by atoms with van der Waals surface area (Å²) in [5.41, 5.74) is 3.14. The number of amides is 1. The van der Waals surface area contributed by atoms with E-state index in [2.05, 4.69) is 19.0 Å². The van der Waals surface area contributed by atoms with Crippen LogP contribution in [0.4, 0.5) is 5.69 Å². The van der Waals surface area contributed by atoms with Crippen LogP contribution in [0.1, 0.15) is 19.4 Å². The number of anilines is 1. The predicted molar refractivity (Wildman–Crippen MR) is 74.6 cm³/mol. The van der Waals surface area contributed by atoms with E-state index in [1.807, 2.05) is 26.0 Å². The van der Waals surface area contributed by atoms with Crippen molar-refractivity contribution < 1.29 is 9.21 Å². The number of nitrogens with one attached hydrogen (secondary N) is 1. The molecule has 3 heterocycles. The van der Waals surface area contributed by atoms with Gasteiger partial charge in [-0.25, -0.2) is 4.98 Å². The third-order valence-corrected chi connectivity index (χ3v) is 4.08. The van der Waals surface area contributed by atoms with Gasteiger partial charge in [0.25, 0.3) is 0 Å². The fourth-order valence-electron chi connectivity index (χ4n) is 2.36. The molecule has 0 aliphatic carbocycles. The second kappa shape index (κ2) is 3.63. The molecule has 0 fully saturated rings. The average molecular weight is 286 g/mol. The molecule has 0 radical (unpaired) electrons. The van der Waals surface area contributed by atoms with E-state index in [1.54, 1.807) is 6.20 Å². The molecule has 1 N–H and O–H groups in total. The average Bonchev–Trinajstić information content (AvgIpc) is 3.08. The van der Waals surface area contributed by atoms with Gasteiger partial charge in [0.15, 0.2) is 11.3 Å². The Bertz CT molecular complexity index is 836. The van der Waals surface area contributed by atoms with E-state index in [0.29, 0.717) is 17.2 Å². The number of rotatable bonds is 1. The summed E-state index contributed by atoms with van der Waals surface area (Å²) < 4.78 is 13.7. The van der Waals surface area contributed by atoms with Crippen LogP contribution in [0.5, 0.6) is 0 Å². The third kappa shape index (κ3) is 1.44. The van der Waals surface area contributed by atoms with Crippen LogP contribution in [0, 0.1) is 0 Å². The smallest absolute Gasteiger partial charge is 0.249 e. The molecule has 0 saturated carbocycles. The first-order valence-electron chi connectivity index (χ1n) is 6.10. The Morgan fingerprint density at radius 3 is 2.95 bits per heavy atom. The van der Waals surface area contributed by atoms with E-state index in [1.165, 1.54) is 0 Å². The zero-order valence-corrected chi connectivity index (χ0v) is 11.6. The number of oxazole rings is 1. The molecule has 6 nitrogen and oxygen atoms in total. The van der Waals surface area contributed by atoms with Gasteiger partial charge >= 0.3 is 0 Å². The molecule has 0 spiro atoms. The molecule has 0 bridgehead atoms. The molecule has 100 valence electrons. The van der Waals surface area contributed by atoms with Gasteiger partial charge in [0, 0.05) is 11.8 Å². The Morgan fingerprint density at radius 2 is 2.20 bits per heavy atom. The standard InChI is InChI=1S/C13H10N4O2S/c1-13(2)6-3-8-10(4-7(6)16-12(13)18)19-11(15-8)9-5-14-20-17-9/h3-5H,1-2H3,(H,16,18). The largest absolute Gasteiger partial charge is 0.435 e. The topological polar surface area (TPSA) is 80.9 Å². The van der Waals surface area contributed by atoms with Crippen LogP contribution in [-0.4, -0.2) is 19.6 Å². The molecule has 3 aromatic rings. The van der Waals surface area contributed by atoms with Crippen molar-refractivity contribution in [2.75, 3.05) is 5.32 Å². The van der Waals surface area contributed by atoms with Crippen LogP contribution in [0.2, 0.25) is 0 Å². The summed E-state index contributed by atoms with van der Waals surface area (Å²) >= 11 is 1.11. The van der Waals surface area contributed by atoms with Gasteiger partial charge < -0.3 is 9.73 Å². The monoisotopic (exact) mass is 286 g/mol. The Kier molecular flexibility index (Phi) is 2.10. The molecule has 20 heavy (non-hydrogen) atoms. The molecule has 1 aliphatic heterocycles. The summed E-state index contributed by atoms with van der Waals surface area (Å²) in [6.07, 6.45) is 1.62. The highest BCUT2D eigenvalue weighted by atomic mass is 32.1. The summed E-state index contributed by atoms with van der Waals surface area (Å²) in [4.78, 5) is 16.3. The van der Waals surface area contributed by atoms with Gasteiger partial charge in [-0.3, -0.25) is 4.79 Å². The third-order valence-electron chi connectivity index (χ3n) is 3.60. The highest BCUT2D eigenvalue weighted by molar-refractivity contribution is 6.99. The number of nitrogens with zero attached hydrogens (tertiary/aromatic N) is 3. The first-order valence-corrected chi connectivity index (χ1v) is 6.83. The van der Waals surface area contributed by atoms with E-state index in [0.717, 1.165) is 28.5 Å². The van der Waals surface area contributed by atoms with Crippen molar-refractivity contribution >= 4 is 34.4 Å². The maximum absolute atomic E-state index is 11.9. The van der Waals surface area contributed by atoms with Crippen LogP contribution < -0.4 is 5.32 Å². The maximum atomic E-state index is 11.9. The lowest BCUT2D eigenvalue weighted by Gasteiger charge is -2.14. The van der Waals surface area contributed by atoms with E-state index >= 15 is 0 Å². The van der Waals surface area contributed by atoms with Crippen LogP contribution in [-0.2, 0) is 10.2 Å². The molecule has 1 aliphatic rings. The predicted octanol–water partition coefficient (Wildman–Crippen LogP) is 2.58. The van der Waals surface area contributed by atoms with Gasteiger partial charge in [-0.1, -0.05) is 0 Å². The first-order chi connectivity index (χ1) is 9.55. The number of aromatic nitrogens is 3. The van der Waals surface area contributed by atoms with Crippen LogP contribution in [0.3, 0.4) is 0 Å². The summed E-state index contributed by atoms with van der Waals surface area (Å²) in [5, 5.41) is 2.87. The van der Waals surface area contributed by atoms with E-state index in [-0.39, 0.29) is 5.91 Å². The highest BCUT2D eigenvalue weighted by Crippen LogP contribution is 2.40. The van der Waals surface area contributed by atoms with Crippen LogP contribution in [0.25, 0.3) is 22.7 Å². The zero-order chi connectivity index (χ0) is 13.9. The quantitative estimate of drug-likeness (QED) is 0.743. The molecule has 4 rings (SSSR count). The van der Waals surface area contributed by atoms with Crippen molar-refractivity contribution in [3.63, 3.8) is 0 Å². The summed E-state index contributed by atoms with van der Waals surface area (Å²) in [6, 6.07) is 3.71. The minimum Gasteiger partial charge on any atom is -0.435 e. The second-order valence-corrected chi connectivity index (χ2v) is 5.81. The molecule has 0 unspecified atom stereocenters. The molecule has 0 atom stereocenters. The summed E-state index contributed by atoms with van der Waals surface area (Å²) in [7, 11) is 0. The Hall–Kier alpha value is -2.28. The lowest BCUT2D eigenvalue weighted by Crippen LogP contribution is -2.26. The summed E-state index contributed by atoms with van der Waals surface area (Å²) in [6.45, 7) is 3.79. The number of hydrogen-bond acceptors (Lipinski definition) is 6. The molecule has 1 amide bonds. The van der Waals surface area contributed by atoms with Crippen molar-refractivity contribution in [1.29, 1.82) is 0 Å². The van der Waals surface area contributed by atoms with Gasteiger partial charge in [0.05, 0.1) is 23.3 Å². The highest BCUT2D eigenvalue weighted by Gasteiger charge is 2.39. The molecule has 7 heteroatoms. The lowest BCUT2D eigenvalue weighted by atomic mass is 9.86. The number of benzene rings is 1. The van der Waals surface area contributed by atoms with E-state index in [9.17, 15) is 4.79 Å². The minimum absolute atomic E-state index is 0.0101. The Morgan fingerprint density at radius 1 is 1.35 bits per heavy atom. The number of fused-ring (bicyclic) bond motifs is 2. The lowest BCUT2D eigenvalue weighted by molar-refractivity contribution is -0.119. The van der Waals surface area contributed by atoms with Crippen molar-refractivity contribution in [3.8, 4) is 11.6 Å². The molecular weight excluding hydrogens is 276 g/mol. The van der Waals surface area contributed by atoms with Crippen molar-refractivity contribution in [1.82, 2.24) is 13.7 Å². The Labute approximate surface area is 118 Å². The van der Waals surface area contributed by atoms with Crippen LogP contribution >= 0.6 is 11.7 Å². The molecular formula is C13H10N4O2S. The van der Waals surface area contributed by atoms with Crippen molar-refractivity contribution in [2.24, 2.45) is 0 Å². The second-order valence-electron chi connectivity index (χ2n) is 5.26. The molecule has 2 aromatic heterocycles.